The maximum absolute atomic E-state index is 12.6. The van der Waals surface area contributed by atoms with Gasteiger partial charge in [0.1, 0.15) is 23.9 Å². The van der Waals surface area contributed by atoms with Gasteiger partial charge in [0.25, 0.3) is 0 Å². The fourth-order valence-electron chi connectivity index (χ4n) is 5.32. The van der Waals surface area contributed by atoms with Crippen molar-refractivity contribution in [3.8, 4) is 0 Å². The fraction of sp³-hybridized carbons (Fsp3) is 0.742. The highest BCUT2D eigenvalue weighted by Crippen LogP contribution is 2.37. The molecule has 0 spiro atoms. The molecule has 2 aliphatic heterocycles. The van der Waals surface area contributed by atoms with E-state index in [0.29, 0.717) is 0 Å². The minimum atomic E-state index is -1.42. The van der Waals surface area contributed by atoms with Crippen LogP contribution in [0.15, 0.2) is 36.0 Å². The number of methoxy groups -OCH3 is 1. The smallest absolute Gasteiger partial charge is 0.309 e. The summed E-state index contributed by atoms with van der Waals surface area (Å²) in [7, 11) is 1.69. The van der Waals surface area contributed by atoms with E-state index in [1.54, 1.807) is 26.2 Å². The van der Waals surface area contributed by atoms with Gasteiger partial charge in [-0.25, -0.2) is 0 Å². The minimum Gasteiger partial charge on any atom is -0.457 e. The summed E-state index contributed by atoms with van der Waals surface area (Å²) in [4.78, 5) is 24.3. The second-order valence-corrected chi connectivity index (χ2v) is 11.7. The number of epoxide rings is 1. The van der Waals surface area contributed by atoms with E-state index in [1.165, 1.54) is 6.92 Å². The summed E-state index contributed by atoms with van der Waals surface area (Å²) >= 11 is 0. The maximum atomic E-state index is 12.6. The Bertz CT molecular complexity index is 920. The Kier molecular flexibility index (Phi) is 13.0. The predicted octanol–water partition coefficient (Wildman–Crippen LogP) is 3.65. The van der Waals surface area contributed by atoms with E-state index in [2.05, 4.69) is 13.8 Å². The molecule has 0 aromatic heterocycles. The third kappa shape index (κ3) is 9.80. The van der Waals surface area contributed by atoms with E-state index in [1.807, 2.05) is 39.0 Å². The van der Waals surface area contributed by atoms with Gasteiger partial charge in [-0.2, -0.15) is 0 Å². The van der Waals surface area contributed by atoms with Crippen molar-refractivity contribution in [2.24, 2.45) is 17.8 Å². The first-order chi connectivity index (χ1) is 18.7. The van der Waals surface area contributed by atoms with Gasteiger partial charge in [0.05, 0.1) is 30.8 Å². The molecule has 0 unspecified atom stereocenters. The molecule has 228 valence electrons. The van der Waals surface area contributed by atoms with Gasteiger partial charge >= 0.3 is 11.9 Å². The zero-order valence-electron chi connectivity index (χ0n) is 25.3. The highest BCUT2D eigenvalue weighted by Gasteiger charge is 2.50. The molecule has 11 atom stereocenters. The van der Waals surface area contributed by atoms with E-state index in [-0.39, 0.29) is 55.3 Å². The Hall–Kier alpha value is -2.04. The number of aliphatic hydroxyl groups is 3. The first kappa shape index (κ1) is 34.2. The minimum absolute atomic E-state index is 0.0387. The summed E-state index contributed by atoms with van der Waals surface area (Å²) in [6.07, 6.45) is 6.42. The summed E-state index contributed by atoms with van der Waals surface area (Å²) < 4.78 is 22.5. The molecule has 9 heteroatoms. The van der Waals surface area contributed by atoms with Gasteiger partial charge in [-0.3, -0.25) is 9.59 Å². The second-order valence-electron chi connectivity index (χ2n) is 11.7. The van der Waals surface area contributed by atoms with Crippen LogP contribution in [0.1, 0.15) is 74.1 Å². The average molecular weight is 567 g/mol. The summed E-state index contributed by atoms with van der Waals surface area (Å²) in [6.45, 7) is 12.6. The molecular weight excluding hydrogens is 516 g/mol. The highest BCUT2D eigenvalue weighted by atomic mass is 16.6. The van der Waals surface area contributed by atoms with Crippen molar-refractivity contribution in [3.63, 3.8) is 0 Å². The van der Waals surface area contributed by atoms with Crippen LogP contribution in [0.4, 0.5) is 0 Å². The van der Waals surface area contributed by atoms with Gasteiger partial charge < -0.3 is 34.3 Å². The van der Waals surface area contributed by atoms with E-state index in [0.717, 1.165) is 12.0 Å². The maximum Gasteiger partial charge on any atom is 0.309 e. The number of hydrogen-bond donors (Lipinski definition) is 3. The number of aliphatic hydroxyl groups excluding tert-OH is 2. The second kappa shape index (κ2) is 15.3. The van der Waals surface area contributed by atoms with Crippen molar-refractivity contribution >= 4 is 11.9 Å². The summed E-state index contributed by atoms with van der Waals surface area (Å²) in [5, 5.41) is 32.2. The number of cyclic esters (lactones) is 1. The predicted molar refractivity (Wildman–Crippen MR) is 151 cm³/mol. The Labute approximate surface area is 239 Å². The van der Waals surface area contributed by atoms with Gasteiger partial charge in [-0.05, 0) is 44.8 Å². The first-order valence-corrected chi connectivity index (χ1v) is 14.4. The average Bonchev–Trinajstić information content (AvgIpc) is 3.68. The Morgan fingerprint density at radius 2 is 1.93 bits per heavy atom. The number of carbonyl (C=O) groups excluding carboxylic acids is 2. The van der Waals surface area contributed by atoms with Crippen LogP contribution in [0.25, 0.3) is 0 Å². The molecule has 0 aromatic rings. The number of carbonyl (C=O) groups is 2. The van der Waals surface area contributed by atoms with Crippen LogP contribution in [0.2, 0.25) is 0 Å². The molecule has 2 heterocycles. The largest absolute Gasteiger partial charge is 0.457 e. The molecule has 0 saturated carbocycles. The third-order valence-corrected chi connectivity index (χ3v) is 8.09. The lowest BCUT2D eigenvalue weighted by atomic mass is 9.88. The van der Waals surface area contributed by atoms with Crippen LogP contribution >= 0.6 is 0 Å². The van der Waals surface area contributed by atoms with Crippen molar-refractivity contribution < 1.29 is 43.9 Å². The lowest BCUT2D eigenvalue weighted by molar-refractivity contribution is -0.157. The Balaban J connectivity index is 2.16. The number of rotatable bonds is 10. The van der Waals surface area contributed by atoms with E-state index < -0.39 is 42.0 Å². The molecule has 0 amide bonds. The van der Waals surface area contributed by atoms with Gasteiger partial charge in [0.2, 0.25) is 0 Å². The van der Waals surface area contributed by atoms with Gasteiger partial charge in [-0.15, -0.1) is 0 Å². The molecule has 1 fully saturated rings. The van der Waals surface area contributed by atoms with Crippen LogP contribution < -0.4 is 0 Å². The van der Waals surface area contributed by atoms with Crippen LogP contribution in [-0.4, -0.2) is 82.7 Å². The van der Waals surface area contributed by atoms with Crippen molar-refractivity contribution in [1.82, 2.24) is 0 Å². The van der Waals surface area contributed by atoms with Crippen molar-refractivity contribution in [2.75, 3.05) is 7.11 Å². The van der Waals surface area contributed by atoms with Crippen LogP contribution in [0, 0.1) is 17.8 Å². The monoisotopic (exact) mass is 566 g/mol. The van der Waals surface area contributed by atoms with Crippen LogP contribution in [0.5, 0.6) is 0 Å². The zero-order valence-corrected chi connectivity index (χ0v) is 25.3. The molecule has 1 saturated heterocycles. The van der Waals surface area contributed by atoms with E-state index in [4.69, 9.17) is 18.9 Å². The molecule has 2 rings (SSSR count). The molecule has 3 N–H and O–H groups in total. The SMILES string of the molecule is CC[C@H](OC)[C@@H](C)[C@H]1O[C@@H]1[C@@H](O)[C@@H](C)C=CC=C(C)[C@H]1OC(=O)C[C@H](O)CC[C@@](C)(O)[C@@H](OC(C)=O)C=C[C@@H]1C. The number of hydrogen-bond acceptors (Lipinski definition) is 9. The van der Waals surface area contributed by atoms with Crippen molar-refractivity contribution in [3.05, 3.63) is 36.0 Å². The molecule has 9 nitrogen and oxygen atoms in total. The van der Waals surface area contributed by atoms with Crippen molar-refractivity contribution in [1.29, 1.82) is 0 Å². The third-order valence-electron chi connectivity index (χ3n) is 8.09. The number of allylic oxidation sites excluding steroid dienone is 2. The lowest BCUT2D eigenvalue weighted by Gasteiger charge is -2.32. The van der Waals surface area contributed by atoms with Crippen molar-refractivity contribution in [2.45, 2.75) is 122 Å². The van der Waals surface area contributed by atoms with Gasteiger partial charge in [0.15, 0.2) is 0 Å². The number of esters is 2. The molecule has 0 aliphatic carbocycles. The Morgan fingerprint density at radius 1 is 1.25 bits per heavy atom. The molecular formula is C31H50O9. The summed E-state index contributed by atoms with van der Waals surface area (Å²) in [5.41, 5.74) is -0.666. The van der Waals surface area contributed by atoms with Crippen LogP contribution in [0.3, 0.4) is 0 Å². The number of ether oxygens (including phenoxy) is 4. The quantitative estimate of drug-likeness (QED) is 0.157. The molecule has 40 heavy (non-hydrogen) atoms. The summed E-state index contributed by atoms with van der Waals surface area (Å²) in [5.74, 6) is -1.39. The Morgan fingerprint density at radius 3 is 2.52 bits per heavy atom. The molecule has 0 radical (unpaired) electrons. The van der Waals surface area contributed by atoms with Crippen LogP contribution in [-0.2, 0) is 28.5 Å². The molecule has 0 aromatic carbocycles. The standard InChI is InChI=1S/C31H50O9/c1-9-24(37-8)21(5)29-30(40-29)27(35)18(2)11-10-12-19(3)28-20(4)13-14-25(38-22(6)32)31(7,36)16-15-23(33)17-26(34)39-28/h10-14,18,20-21,23-25,27-30,33,35-36H,9,15-17H2,1-8H3/t18-,20-,21+,23+,24-,25-,27-,28+,29+,30+,31+/m0/s1. The highest BCUT2D eigenvalue weighted by molar-refractivity contribution is 5.70. The first-order valence-electron chi connectivity index (χ1n) is 14.4. The van der Waals surface area contributed by atoms with Gasteiger partial charge in [0, 0.05) is 31.8 Å². The molecule has 2 aliphatic rings. The van der Waals surface area contributed by atoms with E-state index >= 15 is 0 Å². The van der Waals surface area contributed by atoms with E-state index in [9.17, 15) is 24.9 Å². The lowest BCUT2D eigenvalue weighted by Crippen LogP contribution is -2.42. The normalized spacial score (nSPS) is 35.2. The topological polar surface area (TPSA) is 135 Å². The van der Waals surface area contributed by atoms with Gasteiger partial charge in [-0.1, -0.05) is 52.0 Å². The zero-order chi connectivity index (χ0) is 30.2. The summed E-state index contributed by atoms with van der Waals surface area (Å²) in [6, 6.07) is 0. The fourth-order valence-corrected chi connectivity index (χ4v) is 5.32. The molecule has 0 bridgehead atoms.